The maximum atomic E-state index is 12.6. The van der Waals surface area contributed by atoms with Crippen LogP contribution < -0.4 is 15.0 Å². The number of hydrogen-bond donors (Lipinski definition) is 1. The van der Waals surface area contributed by atoms with Crippen LogP contribution in [0.5, 0.6) is 5.75 Å². The first-order valence-electron chi connectivity index (χ1n) is 10.1. The van der Waals surface area contributed by atoms with Crippen LogP contribution in [0.15, 0.2) is 54.6 Å². The maximum absolute atomic E-state index is 12.6. The van der Waals surface area contributed by atoms with Crippen molar-refractivity contribution < 1.29 is 13.5 Å². The average molecular weight is 397 g/mol. The largest absolute Gasteiger partial charge is 0.434 e. The third-order valence-electron chi connectivity index (χ3n) is 5.26. The van der Waals surface area contributed by atoms with Crippen molar-refractivity contribution in [2.75, 3.05) is 18.0 Å². The van der Waals surface area contributed by atoms with Crippen LogP contribution in [0, 0.1) is 0 Å². The van der Waals surface area contributed by atoms with Crippen LogP contribution >= 0.6 is 0 Å². The van der Waals surface area contributed by atoms with E-state index in [1.165, 1.54) is 19.3 Å². The van der Waals surface area contributed by atoms with Gasteiger partial charge < -0.3 is 15.0 Å². The predicted molar refractivity (Wildman–Crippen MR) is 111 cm³/mol. The van der Waals surface area contributed by atoms with Gasteiger partial charge in [0, 0.05) is 42.7 Å². The number of rotatable bonds is 7. The molecule has 0 spiro atoms. The number of nitrogens with zero attached hydrogens (tertiary/aromatic N) is 2. The zero-order valence-corrected chi connectivity index (χ0v) is 16.3. The first-order valence-corrected chi connectivity index (χ1v) is 10.1. The number of alkyl halides is 2. The van der Waals surface area contributed by atoms with Crippen LogP contribution in [0.2, 0.25) is 0 Å². The minimum absolute atomic E-state index is 0.211. The summed E-state index contributed by atoms with van der Waals surface area (Å²) >= 11 is 0. The highest BCUT2D eigenvalue weighted by molar-refractivity contribution is 5.81. The lowest BCUT2D eigenvalue weighted by Gasteiger charge is -2.30. The van der Waals surface area contributed by atoms with Crippen molar-refractivity contribution in [3.8, 4) is 5.75 Å². The Morgan fingerprint density at radius 1 is 0.931 bits per heavy atom. The molecule has 0 aliphatic carbocycles. The van der Waals surface area contributed by atoms with E-state index in [1.807, 2.05) is 24.3 Å². The molecule has 6 heteroatoms. The van der Waals surface area contributed by atoms with Gasteiger partial charge in [0.15, 0.2) is 0 Å². The second kappa shape index (κ2) is 9.18. The fraction of sp³-hybridized carbons (Fsp3) is 0.348. The fourth-order valence-corrected chi connectivity index (χ4v) is 3.85. The molecule has 0 bridgehead atoms. The zero-order chi connectivity index (χ0) is 20.1. The Bertz CT molecular complexity index is 958. The van der Waals surface area contributed by atoms with Gasteiger partial charge >= 0.3 is 6.61 Å². The SMILES string of the molecule is FC(F)Oc1ccccc1CNCc1cc2ccccc2nc1N1CCCCC1. The van der Waals surface area contributed by atoms with Gasteiger partial charge in [-0.2, -0.15) is 8.78 Å². The summed E-state index contributed by atoms with van der Waals surface area (Å²) < 4.78 is 29.9. The molecule has 3 aromatic rings. The predicted octanol–water partition coefficient (Wildman–Crippen LogP) is 5.12. The van der Waals surface area contributed by atoms with Gasteiger partial charge in [0.25, 0.3) is 0 Å². The molecule has 1 aliphatic heterocycles. The highest BCUT2D eigenvalue weighted by Gasteiger charge is 2.17. The number of benzene rings is 2. The average Bonchev–Trinajstić information content (AvgIpc) is 2.75. The first-order chi connectivity index (χ1) is 14.2. The van der Waals surface area contributed by atoms with Gasteiger partial charge in [-0.1, -0.05) is 36.4 Å². The summed E-state index contributed by atoms with van der Waals surface area (Å²) in [5.41, 5.74) is 2.83. The number of nitrogens with one attached hydrogen (secondary N) is 1. The summed E-state index contributed by atoms with van der Waals surface area (Å²) in [5, 5.41) is 4.49. The molecule has 1 saturated heterocycles. The molecule has 0 amide bonds. The van der Waals surface area contributed by atoms with E-state index in [0.717, 1.165) is 35.4 Å². The van der Waals surface area contributed by atoms with Crippen molar-refractivity contribution in [1.82, 2.24) is 10.3 Å². The van der Waals surface area contributed by atoms with Gasteiger partial charge in [0.05, 0.1) is 5.52 Å². The molecular formula is C23H25F2N3O. The normalized spacial score (nSPS) is 14.5. The molecule has 4 nitrogen and oxygen atoms in total. The Balaban J connectivity index is 1.54. The highest BCUT2D eigenvalue weighted by atomic mass is 19.3. The van der Waals surface area contributed by atoms with E-state index in [1.54, 1.807) is 18.2 Å². The summed E-state index contributed by atoms with van der Waals surface area (Å²) in [6, 6.07) is 17.2. The molecule has 0 radical (unpaired) electrons. The first kappa shape index (κ1) is 19.6. The molecular weight excluding hydrogens is 372 g/mol. The molecule has 1 aromatic heterocycles. The van der Waals surface area contributed by atoms with E-state index in [4.69, 9.17) is 4.98 Å². The Kier molecular flexibility index (Phi) is 6.20. The summed E-state index contributed by atoms with van der Waals surface area (Å²) in [5.74, 6) is 1.23. The topological polar surface area (TPSA) is 37.4 Å². The number of fused-ring (bicyclic) bond motifs is 1. The quantitative estimate of drug-likeness (QED) is 0.601. The van der Waals surface area contributed by atoms with E-state index < -0.39 is 6.61 Å². The van der Waals surface area contributed by atoms with Crippen molar-refractivity contribution >= 4 is 16.7 Å². The van der Waals surface area contributed by atoms with Crippen molar-refractivity contribution in [1.29, 1.82) is 0 Å². The Morgan fingerprint density at radius 3 is 2.48 bits per heavy atom. The van der Waals surface area contributed by atoms with E-state index in [-0.39, 0.29) is 5.75 Å². The molecule has 1 fully saturated rings. The standard InChI is InChI=1S/C23H25F2N3O/c24-23(25)29-21-11-5-3-9-18(21)15-26-16-19-14-17-8-2-4-10-20(17)27-22(19)28-12-6-1-7-13-28/h2-5,8-11,14,23,26H,1,6-7,12-13,15-16H2. The Morgan fingerprint density at radius 2 is 1.66 bits per heavy atom. The molecule has 1 N–H and O–H groups in total. The molecule has 152 valence electrons. The number of hydrogen-bond acceptors (Lipinski definition) is 4. The van der Waals surface area contributed by atoms with Crippen LogP contribution in [0.4, 0.5) is 14.6 Å². The zero-order valence-electron chi connectivity index (χ0n) is 16.3. The summed E-state index contributed by atoms with van der Waals surface area (Å²) in [6.45, 7) is 0.251. The molecule has 0 unspecified atom stereocenters. The third-order valence-corrected chi connectivity index (χ3v) is 5.26. The number of anilines is 1. The Hall–Kier alpha value is -2.73. The van der Waals surface area contributed by atoms with Crippen molar-refractivity contribution in [2.24, 2.45) is 0 Å². The minimum Gasteiger partial charge on any atom is -0.434 e. The van der Waals surface area contributed by atoms with E-state index in [9.17, 15) is 8.78 Å². The number of halogens is 2. The van der Waals surface area contributed by atoms with Gasteiger partial charge in [-0.3, -0.25) is 0 Å². The molecule has 1 aliphatic rings. The van der Waals surface area contributed by atoms with Crippen LogP contribution in [0.25, 0.3) is 10.9 Å². The molecule has 2 heterocycles. The maximum Gasteiger partial charge on any atom is 0.387 e. The van der Waals surface area contributed by atoms with Gasteiger partial charge in [-0.15, -0.1) is 0 Å². The van der Waals surface area contributed by atoms with Crippen molar-refractivity contribution in [3.63, 3.8) is 0 Å². The number of para-hydroxylation sites is 2. The van der Waals surface area contributed by atoms with Crippen LogP contribution in [0.3, 0.4) is 0 Å². The lowest BCUT2D eigenvalue weighted by molar-refractivity contribution is -0.0505. The molecule has 29 heavy (non-hydrogen) atoms. The van der Waals surface area contributed by atoms with Crippen LogP contribution in [0.1, 0.15) is 30.4 Å². The summed E-state index contributed by atoms with van der Waals surface area (Å²) in [6.07, 6.45) is 3.62. The van der Waals surface area contributed by atoms with Crippen molar-refractivity contribution in [2.45, 2.75) is 39.0 Å². The van der Waals surface area contributed by atoms with Gasteiger partial charge in [0.1, 0.15) is 11.6 Å². The van der Waals surface area contributed by atoms with E-state index >= 15 is 0 Å². The van der Waals surface area contributed by atoms with Gasteiger partial charge in [0.2, 0.25) is 0 Å². The number of aromatic nitrogens is 1. The second-order valence-corrected chi connectivity index (χ2v) is 7.30. The summed E-state index contributed by atoms with van der Waals surface area (Å²) in [4.78, 5) is 7.31. The highest BCUT2D eigenvalue weighted by Crippen LogP contribution is 2.27. The molecule has 2 aromatic carbocycles. The molecule has 0 saturated carbocycles. The smallest absolute Gasteiger partial charge is 0.387 e. The second-order valence-electron chi connectivity index (χ2n) is 7.30. The summed E-state index contributed by atoms with van der Waals surface area (Å²) in [7, 11) is 0. The number of pyridine rings is 1. The monoisotopic (exact) mass is 397 g/mol. The fourth-order valence-electron chi connectivity index (χ4n) is 3.85. The number of ether oxygens (including phenoxy) is 1. The molecule has 0 atom stereocenters. The molecule has 4 rings (SSSR count). The number of piperidine rings is 1. The Labute approximate surface area is 169 Å². The van der Waals surface area contributed by atoms with E-state index in [0.29, 0.717) is 18.7 Å². The van der Waals surface area contributed by atoms with Crippen LogP contribution in [-0.4, -0.2) is 24.7 Å². The van der Waals surface area contributed by atoms with Gasteiger partial charge in [-0.25, -0.2) is 4.98 Å². The van der Waals surface area contributed by atoms with E-state index in [2.05, 4.69) is 27.1 Å². The minimum atomic E-state index is -2.83. The third kappa shape index (κ3) is 4.82. The lowest BCUT2D eigenvalue weighted by atomic mass is 10.1. The van der Waals surface area contributed by atoms with Crippen molar-refractivity contribution in [3.05, 3.63) is 65.7 Å². The van der Waals surface area contributed by atoms with Gasteiger partial charge in [-0.05, 0) is 37.5 Å². The lowest BCUT2D eigenvalue weighted by Crippen LogP contribution is -2.31. The van der Waals surface area contributed by atoms with Crippen LogP contribution in [-0.2, 0) is 13.1 Å².